The molecule has 0 aliphatic carbocycles. The number of likely N-dealkylation sites (tertiary alicyclic amines) is 1. The fourth-order valence-electron chi connectivity index (χ4n) is 1.82. The molecule has 0 amide bonds. The van der Waals surface area contributed by atoms with Crippen molar-refractivity contribution >= 4 is 0 Å². The average molecular weight is 197 g/mol. The zero-order valence-corrected chi connectivity index (χ0v) is 7.51. The summed E-state index contributed by atoms with van der Waals surface area (Å²) >= 11 is 0. The van der Waals surface area contributed by atoms with Crippen molar-refractivity contribution in [1.82, 2.24) is 4.90 Å². The van der Waals surface area contributed by atoms with E-state index in [1.807, 2.05) is 0 Å². The van der Waals surface area contributed by atoms with Gasteiger partial charge in [0.25, 0.3) is 0 Å². The van der Waals surface area contributed by atoms with Crippen LogP contribution in [0.15, 0.2) is 0 Å². The number of nitrogens with zero attached hydrogens (tertiary/aromatic N) is 1. The molecule has 13 heavy (non-hydrogen) atoms. The van der Waals surface area contributed by atoms with Crippen LogP contribution in [0.3, 0.4) is 0 Å². The van der Waals surface area contributed by atoms with E-state index in [1.54, 1.807) is 11.8 Å². The third kappa shape index (κ3) is 2.34. The number of likely N-dealkylation sites (N-methyl/N-ethyl adjacent to an activating group) is 1. The van der Waals surface area contributed by atoms with Crippen molar-refractivity contribution in [3.8, 4) is 0 Å². The largest absolute Gasteiger partial charge is 0.415 e. The molecule has 0 aromatic carbocycles. The lowest BCUT2D eigenvalue weighted by Crippen LogP contribution is -2.46. The molecular weight excluding hydrogens is 183 g/mol. The van der Waals surface area contributed by atoms with E-state index in [-0.39, 0.29) is 0 Å². The van der Waals surface area contributed by atoms with Gasteiger partial charge in [-0.3, -0.25) is 4.90 Å². The Labute approximate surface area is 75.3 Å². The van der Waals surface area contributed by atoms with E-state index in [9.17, 15) is 13.2 Å². The van der Waals surface area contributed by atoms with E-state index in [4.69, 9.17) is 5.11 Å². The van der Waals surface area contributed by atoms with Crippen molar-refractivity contribution in [2.45, 2.75) is 38.1 Å². The van der Waals surface area contributed by atoms with Gasteiger partial charge in [-0.25, -0.2) is 0 Å². The van der Waals surface area contributed by atoms with Crippen LogP contribution in [0.5, 0.6) is 0 Å². The van der Waals surface area contributed by atoms with Gasteiger partial charge in [-0.2, -0.15) is 13.2 Å². The van der Waals surface area contributed by atoms with Crippen LogP contribution in [0.4, 0.5) is 13.2 Å². The molecule has 0 aromatic rings. The molecule has 0 spiro atoms. The Balaban J connectivity index is 2.60. The van der Waals surface area contributed by atoms with Crippen LogP contribution < -0.4 is 0 Å². The SMILES string of the molecule is CCN1CCC[C@H]1[C@H](O)C(F)(F)F. The Morgan fingerprint density at radius 1 is 1.54 bits per heavy atom. The molecule has 0 aromatic heterocycles. The number of alkyl halides is 3. The van der Waals surface area contributed by atoms with E-state index in [1.165, 1.54) is 0 Å². The summed E-state index contributed by atoms with van der Waals surface area (Å²) in [5.74, 6) is 0. The minimum Gasteiger partial charge on any atom is -0.382 e. The van der Waals surface area contributed by atoms with Gasteiger partial charge < -0.3 is 5.11 Å². The van der Waals surface area contributed by atoms with Gasteiger partial charge >= 0.3 is 6.18 Å². The minimum atomic E-state index is -4.48. The van der Waals surface area contributed by atoms with E-state index < -0.39 is 18.3 Å². The van der Waals surface area contributed by atoms with E-state index in [0.29, 0.717) is 19.5 Å². The Kier molecular flexibility index (Phi) is 3.18. The Bertz CT molecular complexity index is 171. The minimum absolute atomic E-state index is 0.439. The summed E-state index contributed by atoms with van der Waals surface area (Å²) in [4.78, 5) is 1.68. The standard InChI is InChI=1S/C8H14F3NO/c1-2-12-5-3-4-6(12)7(13)8(9,10)11/h6-7,13H,2-5H2,1H3/t6-,7-/m0/s1. The quantitative estimate of drug-likeness (QED) is 0.723. The maximum atomic E-state index is 12.1. The van der Waals surface area contributed by atoms with Crippen molar-refractivity contribution < 1.29 is 18.3 Å². The maximum Gasteiger partial charge on any atom is 0.415 e. The average Bonchev–Trinajstić information content (AvgIpc) is 2.48. The van der Waals surface area contributed by atoms with Gasteiger partial charge in [0, 0.05) is 6.04 Å². The van der Waals surface area contributed by atoms with Crippen LogP contribution in [0.2, 0.25) is 0 Å². The highest BCUT2D eigenvalue weighted by molar-refractivity contribution is 4.87. The van der Waals surface area contributed by atoms with E-state index in [2.05, 4.69) is 0 Å². The zero-order valence-electron chi connectivity index (χ0n) is 7.51. The molecule has 1 saturated heterocycles. The summed E-state index contributed by atoms with van der Waals surface area (Å²) in [6.07, 6.45) is -5.49. The Hall–Kier alpha value is -0.290. The number of aliphatic hydroxyl groups excluding tert-OH is 1. The first-order valence-corrected chi connectivity index (χ1v) is 4.45. The molecule has 5 heteroatoms. The van der Waals surface area contributed by atoms with E-state index in [0.717, 1.165) is 6.42 Å². The normalized spacial score (nSPS) is 27.9. The molecule has 1 N–H and O–H groups in total. The van der Waals surface area contributed by atoms with Gasteiger partial charge in [0.15, 0.2) is 6.10 Å². The molecule has 1 heterocycles. The lowest BCUT2D eigenvalue weighted by atomic mass is 10.1. The third-order valence-corrected chi connectivity index (χ3v) is 2.52. The predicted molar refractivity (Wildman–Crippen MR) is 42.3 cm³/mol. The lowest BCUT2D eigenvalue weighted by Gasteiger charge is -2.28. The van der Waals surface area contributed by atoms with Crippen LogP contribution >= 0.6 is 0 Å². The molecule has 0 bridgehead atoms. The van der Waals surface area contributed by atoms with Gasteiger partial charge in [-0.1, -0.05) is 6.92 Å². The zero-order chi connectivity index (χ0) is 10.1. The first kappa shape index (κ1) is 10.8. The van der Waals surface area contributed by atoms with Gasteiger partial charge in [0.1, 0.15) is 0 Å². The molecule has 0 saturated carbocycles. The molecule has 1 rings (SSSR count). The molecule has 1 aliphatic heterocycles. The number of rotatable bonds is 2. The summed E-state index contributed by atoms with van der Waals surface area (Å²) in [5.41, 5.74) is 0. The summed E-state index contributed by atoms with van der Waals surface area (Å²) in [6.45, 7) is 3.04. The second-order valence-corrected chi connectivity index (χ2v) is 3.32. The van der Waals surface area contributed by atoms with Crippen LogP contribution in [0, 0.1) is 0 Å². The number of hydrogen-bond donors (Lipinski definition) is 1. The highest BCUT2D eigenvalue weighted by Crippen LogP contribution is 2.30. The van der Waals surface area contributed by atoms with Gasteiger partial charge in [-0.05, 0) is 25.9 Å². The molecule has 78 valence electrons. The summed E-state index contributed by atoms with van der Waals surface area (Å²) in [7, 11) is 0. The van der Waals surface area contributed by atoms with Crippen molar-refractivity contribution in [2.24, 2.45) is 0 Å². The molecule has 1 aliphatic rings. The molecule has 1 fully saturated rings. The fourth-order valence-corrected chi connectivity index (χ4v) is 1.82. The first-order chi connectivity index (χ1) is 5.96. The number of hydrogen-bond acceptors (Lipinski definition) is 2. The number of aliphatic hydroxyl groups is 1. The van der Waals surface area contributed by atoms with Crippen LogP contribution in [0.1, 0.15) is 19.8 Å². The van der Waals surface area contributed by atoms with Gasteiger partial charge in [0.05, 0.1) is 0 Å². The number of halogens is 3. The summed E-state index contributed by atoms with van der Waals surface area (Å²) in [5, 5.41) is 9.02. The van der Waals surface area contributed by atoms with Crippen LogP contribution in [0.25, 0.3) is 0 Å². The maximum absolute atomic E-state index is 12.1. The third-order valence-electron chi connectivity index (χ3n) is 2.52. The molecule has 0 radical (unpaired) electrons. The topological polar surface area (TPSA) is 23.5 Å². The summed E-state index contributed by atoms with van der Waals surface area (Å²) < 4.78 is 36.4. The van der Waals surface area contributed by atoms with Crippen LogP contribution in [-0.4, -0.2) is 41.4 Å². The first-order valence-electron chi connectivity index (χ1n) is 4.45. The Morgan fingerprint density at radius 2 is 2.15 bits per heavy atom. The Morgan fingerprint density at radius 3 is 2.62 bits per heavy atom. The van der Waals surface area contributed by atoms with Gasteiger partial charge in [-0.15, -0.1) is 0 Å². The second-order valence-electron chi connectivity index (χ2n) is 3.32. The smallest absolute Gasteiger partial charge is 0.382 e. The molecule has 2 nitrogen and oxygen atoms in total. The predicted octanol–water partition coefficient (Wildman–Crippen LogP) is 1.39. The van der Waals surface area contributed by atoms with Crippen molar-refractivity contribution in [3.63, 3.8) is 0 Å². The van der Waals surface area contributed by atoms with E-state index >= 15 is 0 Å². The molecule has 2 atom stereocenters. The van der Waals surface area contributed by atoms with Crippen molar-refractivity contribution in [2.75, 3.05) is 13.1 Å². The summed E-state index contributed by atoms with van der Waals surface area (Å²) in [6, 6.07) is -0.731. The molecule has 0 unspecified atom stereocenters. The fraction of sp³-hybridized carbons (Fsp3) is 1.00. The molecular formula is C8H14F3NO. The second kappa shape index (κ2) is 3.84. The van der Waals surface area contributed by atoms with Crippen molar-refractivity contribution in [3.05, 3.63) is 0 Å². The van der Waals surface area contributed by atoms with Crippen LogP contribution in [-0.2, 0) is 0 Å². The lowest BCUT2D eigenvalue weighted by molar-refractivity contribution is -0.218. The van der Waals surface area contributed by atoms with Crippen molar-refractivity contribution in [1.29, 1.82) is 0 Å². The monoisotopic (exact) mass is 197 g/mol. The van der Waals surface area contributed by atoms with Gasteiger partial charge in [0.2, 0.25) is 0 Å². The highest BCUT2D eigenvalue weighted by Gasteiger charge is 2.46. The highest BCUT2D eigenvalue weighted by atomic mass is 19.4.